The van der Waals surface area contributed by atoms with Crippen molar-refractivity contribution in [2.24, 2.45) is 5.10 Å². The van der Waals surface area contributed by atoms with E-state index in [9.17, 15) is 0 Å². The molecule has 0 aromatic rings. The Morgan fingerprint density at radius 1 is 1.62 bits per heavy atom. The van der Waals surface area contributed by atoms with Gasteiger partial charge in [-0.25, -0.2) is 0 Å². The van der Waals surface area contributed by atoms with Crippen LogP contribution in [0.3, 0.4) is 0 Å². The predicted molar refractivity (Wildman–Crippen MR) is 50.0 cm³/mol. The highest BCUT2D eigenvalue weighted by Crippen LogP contribution is 2.08. The van der Waals surface area contributed by atoms with Gasteiger partial charge in [0.25, 0.3) is 0 Å². The summed E-state index contributed by atoms with van der Waals surface area (Å²) in [7, 11) is 1.59. The molecule has 1 aliphatic rings. The maximum Gasteiger partial charge on any atom is 0.237 e. The van der Waals surface area contributed by atoms with Gasteiger partial charge in [-0.2, -0.15) is 0 Å². The summed E-state index contributed by atoms with van der Waals surface area (Å²) < 4.78 is 10.9. The first-order valence-corrected chi connectivity index (χ1v) is 4.24. The van der Waals surface area contributed by atoms with Crippen LogP contribution in [0.1, 0.15) is 0 Å². The molecule has 0 fully saturated rings. The van der Waals surface area contributed by atoms with Gasteiger partial charge in [0.15, 0.2) is 0 Å². The lowest BCUT2D eigenvalue weighted by Crippen LogP contribution is -2.29. The minimum absolute atomic E-state index is 0.343. The summed E-state index contributed by atoms with van der Waals surface area (Å²) in [4.78, 5) is 0. The molecule has 5 nitrogen and oxygen atoms in total. The van der Waals surface area contributed by atoms with E-state index in [4.69, 9.17) is 32.9 Å². The molecule has 7 heteroatoms. The number of nitrogens with zero attached hydrogens (tertiary/aromatic N) is 2. The van der Waals surface area contributed by atoms with Crippen molar-refractivity contribution in [1.29, 1.82) is 0 Å². The number of nitrogens with one attached hydrogen (secondary N) is 1. The number of halogens is 2. The van der Waals surface area contributed by atoms with Crippen LogP contribution < -0.4 is 5.43 Å². The molecule has 0 bridgehead atoms. The summed E-state index contributed by atoms with van der Waals surface area (Å²) in [6.07, 6.45) is 1.52. The van der Waals surface area contributed by atoms with Crippen molar-refractivity contribution >= 4 is 29.3 Å². The van der Waals surface area contributed by atoms with E-state index in [0.717, 1.165) is 4.64 Å². The number of hydrazone groups is 1. The smallest absolute Gasteiger partial charge is 0.237 e. The van der Waals surface area contributed by atoms with Crippen LogP contribution in [0.15, 0.2) is 16.3 Å². The lowest BCUT2D eigenvalue weighted by atomic mass is 10.6. The third kappa shape index (κ3) is 3.71. The molecule has 0 aromatic carbocycles. The van der Waals surface area contributed by atoms with Crippen molar-refractivity contribution in [3.05, 3.63) is 11.2 Å². The van der Waals surface area contributed by atoms with Crippen LogP contribution in [-0.4, -0.2) is 30.9 Å². The van der Waals surface area contributed by atoms with Crippen LogP contribution in [0.4, 0.5) is 0 Å². The second kappa shape index (κ2) is 5.16. The maximum absolute atomic E-state index is 5.65. The molecule has 1 rings (SSSR count). The van der Waals surface area contributed by atoms with E-state index in [1.54, 1.807) is 7.11 Å². The van der Waals surface area contributed by atoms with E-state index in [2.05, 4.69) is 10.5 Å². The van der Waals surface area contributed by atoms with Gasteiger partial charge in [0.05, 0.1) is 18.4 Å². The van der Waals surface area contributed by atoms with Crippen molar-refractivity contribution in [1.82, 2.24) is 10.1 Å². The Labute approximate surface area is 86.0 Å². The Hall–Kier alpha value is -0.650. The van der Waals surface area contributed by atoms with E-state index in [1.807, 2.05) is 0 Å². The molecule has 0 spiro atoms. The van der Waals surface area contributed by atoms with E-state index in [0.29, 0.717) is 24.3 Å². The molecule has 1 heterocycles. The van der Waals surface area contributed by atoms with Gasteiger partial charge in [0.1, 0.15) is 11.8 Å². The van der Waals surface area contributed by atoms with Gasteiger partial charge in [0.2, 0.25) is 5.90 Å². The number of hydrazine groups is 1. The highest BCUT2D eigenvalue weighted by Gasteiger charge is 2.09. The SMILES string of the molecule is COCCOC1=NN(Cl)NC(Cl)=C1. The Balaban J connectivity index is 2.40. The Morgan fingerprint density at radius 2 is 2.38 bits per heavy atom. The van der Waals surface area contributed by atoms with Crippen LogP contribution in [0.5, 0.6) is 0 Å². The van der Waals surface area contributed by atoms with E-state index in [1.165, 1.54) is 6.08 Å². The summed E-state index contributed by atoms with van der Waals surface area (Å²) >= 11 is 11.2. The minimum atomic E-state index is 0.343. The van der Waals surface area contributed by atoms with Crippen molar-refractivity contribution in [2.45, 2.75) is 0 Å². The van der Waals surface area contributed by atoms with Crippen molar-refractivity contribution < 1.29 is 9.47 Å². The fourth-order valence-electron chi connectivity index (χ4n) is 0.669. The molecular formula is C6H9Cl2N3O2. The van der Waals surface area contributed by atoms with E-state index >= 15 is 0 Å². The molecule has 0 atom stereocenters. The zero-order valence-electron chi connectivity index (χ0n) is 6.96. The molecule has 0 aromatic heterocycles. The average Bonchev–Trinajstić information content (AvgIpc) is 2.03. The van der Waals surface area contributed by atoms with Crippen LogP contribution in [0.25, 0.3) is 0 Å². The predicted octanol–water partition coefficient (Wildman–Crippen LogP) is 1.02. The number of methoxy groups -OCH3 is 1. The van der Waals surface area contributed by atoms with Crippen LogP contribution in [-0.2, 0) is 9.47 Å². The van der Waals surface area contributed by atoms with Gasteiger partial charge in [-0.3, -0.25) is 5.43 Å². The quantitative estimate of drug-likeness (QED) is 0.443. The fraction of sp³-hybridized carbons (Fsp3) is 0.500. The second-order valence-corrected chi connectivity index (χ2v) is 2.87. The molecule has 0 saturated carbocycles. The fourth-order valence-corrected chi connectivity index (χ4v) is 1.05. The summed E-state index contributed by atoms with van der Waals surface area (Å²) in [6.45, 7) is 0.890. The summed E-state index contributed by atoms with van der Waals surface area (Å²) in [5.41, 5.74) is 2.53. The molecule has 0 unspecified atom stereocenters. The summed E-state index contributed by atoms with van der Waals surface area (Å²) in [5, 5.41) is 4.11. The third-order valence-corrected chi connectivity index (χ3v) is 1.53. The van der Waals surface area contributed by atoms with Gasteiger partial charge >= 0.3 is 0 Å². The zero-order chi connectivity index (χ0) is 9.68. The highest BCUT2D eigenvalue weighted by atomic mass is 35.5. The van der Waals surface area contributed by atoms with E-state index < -0.39 is 0 Å². The van der Waals surface area contributed by atoms with Gasteiger partial charge < -0.3 is 9.47 Å². The molecule has 0 aliphatic carbocycles. The number of hydrogen-bond acceptors (Lipinski definition) is 5. The number of rotatable bonds is 3. The van der Waals surface area contributed by atoms with Crippen molar-refractivity contribution in [3.8, 4) is 0 Å². The van der Waals surface area contributed by atoms with Crippen LogP contribution in [0, 0.1) is 0 Å². The van der Waals surface area contributed by atoms with Gasteiger partial charge in [-0.15, -0.1) is 9.74 Å². The first kappa shape index (κ1) is 10.4. The monoisotopic (exact) mass is 225 g/mol. The number of ether oxygens (including phenoxy) is 2. The average molecular weight is 226 g/mol. The van der Waals surface area contributed by atoms with Gasteiger partial charge in [-0.05, 0) is 0 Å². The molecule has 0 amide bonds. The molecule has 1 N–H and O–H groups in total. The van der Waals surface area contributed by atoms with Crippen LogP contribution in [0.2, 0.25) is 0 Å². The first-order valence-electron chi connectivity index (χ1n) is 3.52. The molecule has 1 aliphatic heterocycles. The van der Waals surface area contributed by atoms with E-state index in [-0.39, 0.29) is 0 Å². The highest BCUT2D eigenvalue weighted by molar-refractivity contribution is 6.31. The molecular weight excluding hydrogens is 217 g/mol. The number of hydrogen-bond donors (Lipinski definition) is 1. The Bertz CT molecular complexity index is 232. The molecule has 0 radical (unpaired) electrons. The third-order valence-electron chi connectivity index (χ3n) is 1.17. The first-order chi connectivity index (χ1) is 6.22. The van der Waals surface area contributed by atoms with Crippen LogP contribution >= 0.6 is 23.4 Å². The topological polar surface area (TPSA) is 46.1 Å². The molecule has 13 heavy (non-hydrogen) atoms. The zero-order valence-corrected chi connectivity index (χ0v) is 8.47. The minimum Gasteiger partial charge on any atom is -0.474 e. The normalized spacial score (nSPS) is 16.1. The van der Waals surface area contributed by atoms with Gasteiger partial charge in [-0.1, -0.05) is 11.6 Å². The second-order valence-electron chi connectivity index (χ2n) is 2.14. The van der Waals surface area contributed by atoms with Crippen molar-refractivity contribution in [2.75, 3.05) is 20.3 Å². The standard InChI is InChI=1S/C6H9Cl2N3O2/c1-12-2-3-13-6-4-5(7)9-11(8)10-6/h4,9H,2-3H2,1H3. The Morgan fingerprint density at radius 3 is 3.00 bits per heavy atom. The molecule has 74 valence electrons. The largest absolute Gasteiger partial charge is 0.474 e. The van der Waals surface area contributed by atoms with Crippen molar-refractivity contribution in [3.63, 3.8) is 0 Å². The molecule has 0 saturated heterocycles. The summed E-state index contributed by atoms with van der Waals surface area (Å²) in [6, 6.07) is 0. The maximum atomic E-state index is 5.65. The lowest BCUT2D eigenvalue weighted by molar-refractivity contribution is 0.139. The summed E-state index contributed by atoms with van der Waals surface area (Å²) in [5.74, 6) is 0.343. The Kier molecular flexibility index (Phi) is 4.14. The van der Waals surface area contributed by atoms with Gasteiger partial charge in [0, 0.05) is 13.2 Å². The lowest BCUT2D eigenvalue weighted by Gasteiger charge is -2.17.